The summed E-state index contributed by atoms with van der Waals surface area (Å²) >= 11 is 0. The molecule has 0 atom stereocenters. The number of hydrogen-bond acceptors (Lipinski definition) is 3. The second kappa shape index (κ2) is 7.44. The quantitative estimate of drug-likeness (QED) is 0.848. The van der Waals surface area contributed by atoms with Gasteiger partial charge in [-0.3, -0.25) is 0 Å². The minimum Gasteiger partial charge on any atom is -0.489 e. The maximum absolute atomic E-state index is 13.5. The fourth-order valence-electron chi connectivity index (χ4n) is 1.81. The van der Waals surface area contributed by atoms with Crippen LogP contribution < -0.4 is 4.74 Å². The largest absolute Gasteiger partial charge is 0.489 e. The van der Waals surface area contributed by atoms with Gasteiger partial charge < -0.3 is 14.9 Å². The van der Waals surface area contributed by atoms with Crippen LogP contribution in [0.4, 0.5) is 4.39 Å². The highest BCUT2D eigenvalue weighted by molar-refractivity contribution is 5.38. The van der Waals surface area contributed by atoms with E-state index >= 15 is 0 Å². The van der Waals surface area contributed by atoms with Crippen LogP contribution in [0.2, 0.25) is 0 Å². The third-order valence-electron chi connectivity index (χ3n) is 2.78. The van der Waals surface area contributed by atoms with Gasteiger partial charge in [-0.1, -0.05) is 24.0 Å². The predicted molar refractivity (Wildman–Crippen MR) is 77.1 cm³/mol. The molecular formula is C17H15FO3. The standard InChI is InChI=1S/C17H15FO3/c18-16-9-14(2-1-7-19)8-15(10-16)12-21-17-5-3-13(11-20)4-6-17/h3-6,8-10,19-20H,7,11-12H2. The van der Waals surface area contributed by atoms with Crippen LogP contribution in [0.15, 0.2) is 42.5 Å². The summed E-state index contributed by atoms with van der Waals surface area (Å²) in [7, 11) is 0. The lowest BCUT2D eigenvalue weighted by molar-refractivity contribution is 0.280. The Bertz CT molecular complexity index is 654. The first-order valence-electron chi connectivity index (χ1n) is 6.43. The zero-order valence-electron chi connectivity index (χ0n) is 11.3. The number of halogens is 1. The smallest absolute Gasteiger partial charge is 0.124 e. The molecule has 0 fully saturated rings. The van der Waals surface area contributed by atoms with Crippen molar-refractivity contribution < 1.29 is 19.3 Å². The summed E-state index contributed by atoms with van der Waals surface area (Å²) < 4.78 is 19.0. The number of rotatable bonds is 4. The van der Waals surface area contributed by atoms with Crippen molar-refractivity contribution in [3.8, 4) is 17.6 Å². The minimum absolute atomic E-state index is 0.0168. The Hall–Kier alpha value is -2.35. The van der Waals surface area contributed by atoms with Crippen LogP contribution in [-0.4, -0.2) is 16.8 Å². The van der Waals surface area contributed by atoms with E-state index in [1.165, 1.54) is 12.1 Å². The van der Waals surface area contributed by atoms with Crippen molar-refractivity contribution in [1.29, 1.82) is 0 Å². The first-order valence-corrected chi connectivity index (χ1v) is 6.43. The number of benzene rings is 2. The first kappa shape index (κ1) is 15.0. The Morgan fingerprint density at radius 3 is 2.43 bits per heavy atom. The molecule has 0 unspecified atom stereocenters. The van der Waals surface area contributed by atoms with E-state index in [4.69, 9.17) is 14.9 Å². The number of aliphatic hydroxyl groups excluding tert-OH is 2. The molecule has 0 saturated carbocycles. The lowest BCUT2D eigenvalue weighted by atomic mass is 10.1. The molecular weight excluding hydrogens is 271 g/mol. The summed E-state index contributed by atoms with van der Waals surface area (Å²) in [5.74, 6) is 5.39. The van der Waals surface area contributed by atoms with Crippen LogP contribution in [0.3, 0.4) is 0 Å². The Morgan fingerprint density at radius 2 is 1.76 bits per heavy atom. The van der Waals surface area contributed by atoms with Gasteiger partial charge in [-0.05, 0) is 41.5 Å². The van der Waals surface area contributed by atoms with Crippen LogP contribution in [0.5, 0.6) is 5.75 Å². The molecule has 2 rings (SSSR count). The lowest BCUT2D eigenvalue weighted by Gasteiger charge is -2.07. The van der Waals surface area contributed by atoms with E-state index in [-0.39, 0.29) is 19.8 Å². The normalized spacial score (nSPS) is 9.86. The van der Waals surface area contributed by atoms with Gasteiger partial charge in [0, 0.05) is 5.56 Å². The zero-order valence-corrected chi connectivity index (χ0v) is 11.3. The van der Waals surface area contributed by atoms with Crippen molar-refractivity contribution in [3.63, 3.8) is 0 Å². The molecule has 2 aromatic rings. The van der Waals surface area contributed by atoms with Crippen LogP contribution in [0.25, 0.3) is 0 Å². The van der Waals surface area contributed by atoms with Gasteiger partial charge in [0.25, 0.3) is 0 Å². The number of aliphatic hydroxyl groups is 2. The molecule has 0 heterocycles. The summed E-state index contributed by atoms with van der Waals surface area (Å²) in [5, 5.41) is 17.6. The van der Waals surface area contributed by atoms with Crippen LogP contribution in [0.1, 0.15) is 16.7 Å². The van der Waals surface area contributed by atoms with Crippen molar-refractivity contribution in [3.05, 3.63) is 65.0 Å². The van der Waals surface area contributed by atoms with Crippen LogP contribution in [0, 0.1) is 17.7 Å². The Balaban J connectivity index is 2.06. The molecule has 0 aliphatic carbocycles. The monoisotopic (exact) mass is 286 g/mol. The molecule has 0 aliphatic heterocycles. The molecule has 0 aliphatic rings. The number of ether oxygens (including phenoxy) is 1. The van der Waals surface area contributed by atoms with Crippen LogP contribution >= 0.6 is 0 Å². The lowest BCUT2D eigenvalue weighted by Crippen LogP contribution is -1.97. The maximum Gasteiger partial charge on any atom is 0.124 e. The first-order chi connectivity index (χ1) is 10.2. The van der Waals surface area contributed by atoms with E-state index in [0.717, 1.165) is 5.56 Å². The van der Waals surface area contributed by atoms with Crippen molar-refractivity contribution >= 4 is 0 Å². The van der Waals surface area contributed by atoms with Gasteiger partial charge in [-0.2, -0.15) is 0 Å². The molecule has 0 bridgehead atoms. The van der Waals surface area contributed by atoms with Crippen molar-refractivity contribution in [2.24, 2.45) is 0 Å². The molecule has 0 radical (unpaired) electrons. The predicted octanol–water partition coefficient (Wildman–Crippen LogP) is 2.24. The highest BCUT2D eigenvalue weighted by Gasteiger charge is 2.01. The molecule has 0 saturated heterocycles. The van der Waals surface area contributed by atoms with E-state index in [1.807, 2.05) is 0 Å². The average Bonchev–Trinajstić information content (AvgIpc) is 2.51. The van der Waals surface area contributed by atoms with Crippen molar-refractivity contribution in [1.82, 2.24) is 0 Å². The Labute approximate surface area is 122 Å². The molecule has 3 nitrogen and oxygen atoms in total. The molecule has 21 heavy (non-hydrogen) atoms. The van der Waals surface area contributed by atoms with Gasteiger partial charge >= 0.3 is 0 Å². The zero-order chi connectivity index (χ0) is 15.1. The molecule has 0 spiro atoms. The summed E-state index contributed by atoms with van der Waals surface area (Å²) in [6.45, 7) is -0.0688. The van der Waals surface area contributed by atoms with Gasteiger partial charge in [0.1, 0.15) is 24.8 Å². The van der Waals surface area contributed by atoms with E-state index < -0.39 is 5.82 Å². The average molecular weight is 286 g/mol. The molecule has 108 valence electrons. The fraction of sp³-hybridized carbons (Fsp3) is 0.176. The minimum atomic E-state index is -0.394. The third-order valence-corrected chi connectivity index (χ3v) is 2.78. The van der Waals surface area contributed by atoms with Gasteiger partial charge in [0.15, 0.2) is 0 Å². The second-order valence-electron chi connectivity index (χ2n) is 4.40. The summed E-state index contributed by atoms with van der Waals surface area (Å²) in [6, 6.07) is 11.4. The van der Waals surface area contributed by atoms with E-state index in [1.54, 1.807) is 30.3 Å². The maximum atomic E-state index is 13.5. The van der Waals surface area contributed by atoms with Gasteiger partial charge in [0.05, 0.1) is 6.61 Å². The number of hydrogen-bond donors (Lipinski definition) is 2. The SMILES string of the molecule is OCC#Cc1cc(F)cc(COc2ccc(CO)cc2)c1. The summed E-state index contributed by atoms with van der Waals surface area (Å²) in [6.07, 6.45) is 0. The van der Waals surface area contributed by atoms with Crippen LogP contribution in [-0.2, 0) is 13.2 Å². The Morgan fingerprint density at radius 1 is 1.00 bits per heavy atom. The summed E-state index contributed by atoms with van der Waals surface area (Å²) in [5.41, 5.74) is 1.96. The van der Waals surface area contributed by atoms with Crippen molar-refractivity contribution in [2.45, 2.75) is 13.2 Å². The van der Waals surface area contributed by atoms with Gasteiger partial charge in [0.2, 0.25) is 0 Å². The summed E-state index contributed by atoms with van der Waals surface area (Å²) in [4.78, 5) is 0. The molecule has 4 heteroatoms. The topological polar surface area (TPSA) is 49.7 Å². The molecule has 0 amide bonds. The molecule has 2 N–H and O–H groups in total. The van der Waals surface area contributed by atoms with E-state index in [9.17, 15) is 4.39 Å². The fourth-order valence-corrected chi connectivity index (χ4v) is 1.81. The Kier molecular flexibility index (Phi) is 5.33. The van der Waals surface area contributed by atoms with E-state index in [0.29, 0.717) is 16.9 Å². The third kappa shape index (κ3) is 4.60. The highest BCUT2D eigenvalue weighted by Crippen LogP contribution is 2.15. The second-order valence-corrected chi connectivity index (χ2v) is 4.40. The van der Waals surface area contributed by atoms with Gasteiger partial charge in [-0.15, -0.1) is 0 Å². The molecule has 2 aromatic carbocycles. The van der Waals surface area contributed by atoms with Gasteiger partial charge in [-0.25, -0.2) is 4.39 Å². The van der Waals surface area contributed by atoms with Crippen molar-refractivity contribution in [2.75, 3.05) is 6.61 Å². The highest BCUT2D eigenvalue weighted by atomic mass is 19.1. The molecule has 0 aromatic heterocycles. The van der Waals surface area contributed by atoms with E-state index in [2.05, 4.69) is 11.8 Å².